The molecule has 3 aromatic carbocycles. The van der Waals surface area contributed by atoms with Crippen LogP contribution in [0.1, 0.15) is 26.3 Å². The van der Waals surface area contributed by atoms with Crippen molar-refractivity contribution in [2.45, 2.75) is 0 Å². The Morgan fingerprint density at radius 2 is 1.57 bits per heavy atom. The Labute approximate surface area is 171 Å². The second-order valence-corrected chi connectivity index (χ2v) is 6.46. The Morgan fingerprint density at radius 1 is 0.893 bits per heavy atom. The van der Waals surface area contributed by atoms with Crippen molar-refractivity contribution < 1.29 is 14.3 Å². The molecular formula is C21H14Cl2N2O3. The average Bonchev–Trinajstić information content (AvgIpc) is 2.70. The molecule has 28 heavy (non-hydrogen) atoms. The minimum absolute atomic E-state index is 0.304. The van der Waals surface area contributed by atoms with Gasteiger partial charge in [0.15, 0.2) is 0 Å². The lowest BCUT2D eigenvalue weighted by molar-refractivity contribution is 0.0734. The van der Waals surface area contributed by atoms with E-state index in [1.807, 2.05) is 0 Å². The number of hydrogen-bond acceptors (Lipinski definition) is 4. The predicted octanol–water partition coefficient (Wildman–Crippen LogP) is 4.98. The highest BCUT2D eigenvalue weighted by atomic mass is 35.5. The number of amides is 1. The van der Waals surface area contributed by atoms with Gasteiger partial charge in [0.25, 0.3) is 5.91 Å². The Morgan fingerprint density at radius 3 is 2.32 bits per heavy atom. The van der Waals surface area contributed by atoms with Crippen LogP contribution in [0.4, 0.5) is 0 Å². The molecule has 1 N–H and O–H groups in total. The molecule has 5 nitrogen and oxygen atoms in total. The first-order valence-corrected chi connectivity index (χ1v) is 8.95. The van der Waals surface area contributed by atoms with E-state index in [-0.39, 0.29) is 0 Å². The summed E-state index contributed by atoms with van der Waals surface area (Å²) in [5, 5.41) is 4.77. The van der Waals surface area contributed by atoms with E-state index in [0.29, 0.717) is 32.5 Å². The molecule has 140 valence electrons. The number of rotatable bonds is 5. The summed E-state index contributed by atoms with van der Waals surface area (Å²) in [7, 11) is 0. The summed E-state index contributed by atoms with van der Waals surface area (Å²) in [6.45, 7) is 0. The van der Waals surface area contributed by atoms with E-state index in [9.17, 15) is 9.59 Å². The van der Waals surface area contributed by atoms with Crippen molar-refractivity contribution in [1.29, 1.82) is 0 Å². The fraction of sp³-hybridized carbons (Fsp3) is 0. The molecule has 0 aromatic heterocycles. The average molecular weight is 413 g/mol. The van der Waals surface area contributed by atoms with Crippen LogP contribution in [0.15, 0.2) is 77.9 Å². The molecule has 0 aliphatic carbocycles. The van der Waals surface area contributed by atoms with Gasteiger partial charge in [0, 0.05) is 10.6 Å². The zero-order chi connectivity index (χ0) is 19.9. The number of hydrazone groups is 1. The van der Waals surface area contributed by atoms with E-state index in [4.69, 9.17) is 27.9 Å². The normalized spacial score (nSPS) is 10.6. The molecule has 0 fully saturated rings. The molecule has 0 bridgehead atoms. The summed E-state index contributed by atoms with van der Waals surface area (Å²) in [4.78, 5) is 24.4. The van der Waals surface area contributed by atoms with Crippen molar-refractivity contribution in [3.8, 4) is 5.75 Å². The molecule has 3 rings (SSSR count). The van der Waals surface area contributed by atoms with Crippen molar-refractivity contribution in [2.24, 2.45) is 5.10 Å². The first-order chi connectivity index (χ1) is 13.5. The molecule has 0 radical (unpaired) electrons. The van der Waals surface area contributed by atoms with Gasteiger partial charge in [-0.05, 0) is 48.5 Å². The molecule has 0 aliphatic heterocycles. The van der Waals surface area contributed by atoms with Crippen LogP contribution in [0.25, 0.3) is 0 Å². The number of carbonyl (C=O) groups is 2. The van der Waals surface area contributed by atoms with Crippen molar-refractivity contribution in [2.75, 3.05) is 0 Å². The lowest BCUT2D eigenvalue weighted by atomic mass is 10.2. The standard InChI is InChI=1S/C21H14Cl2N2O3/c22-16-11-9-14(10-12-16)21(27)28-19-8-4-1-5-15(19)13-24-25-20(26)17-6-2-3-7-18(17)23/h1-13H,(H,25,26)/b24-13+. The van der Waals surface area contributed by atoms with Crippen LogP contribution in [-0.4, -0.2) is 18.1 Å². The number of carbonyl (C=O) groups excluding carboxylic acids is 2. The minimum atomic E-state index is -0.530. The number of nitrogens with zero attached hydrogens (tertiary/aromatic N) is 1. The SMILES string of the molecule is O=C(Oc1ccccc1/C=N/NC(=O)c1ccccc1Cl)c1ccc(Cl)cc1. The first-order valence-electron chi connectivity index (χ1n) is 8.19. The van der Waals surface area contributed by atoms with Gasteiger partial charge in [0.05, 0.1) is 22.4 Å². The zero-order valence-electron chi connectivity index (χ0n) is 14.4. The number of hydrogen-bond donors (Lipinski definition) is 1. The maximum absolute atomic E-state index is 12.3. The van der Waals surface area contributed by atoms with Crippen LogP contribution < -0.4 is 10.2 Å². The van der Waals surface area contributed by atoms with E-state index < -0.39 is 11.9 Å². The van der Waals surface area contributed by atoms with E-state index in [0.717, 1.165) is 0 Å². The Balaban J connectivity index is 1.70. The number of halogens is 2. The number of nitrogens with one attached hydrogen (secondary N) is 1. The van der Waals surface area contributed by atoms with Crippen LogP contribution in [0, 0.1) is 0 Å². The van der Waals surface area contributed by atoms with Gasteiger partial charge in [-0.2, -0.15) is 5.10 Å². The van der Waals surface area contributed by atoms with Gasteiger partial charge < -0.3 is 4.74 Å². The van der Waals surface area contributed by atoms with E-state index in [2.05, 4.69) is 10.5 Å². The maximum Gasteiger partial charge on any atom is 0.343 e. The fourth-order valence-corrected chi connectivity index (χ4v) is 2.64. The zero-order valence-corrected chi connectivity index (χ0v) is 15.9. The lowest BCUT2D eigenvalue weighted by Crippen LogP contribution is -2.18. The molecule has 0 saturated carbocycles. The summed E-state index contributed by atoms with van der Waals surface area (Å²) in [6, 6.07) is 19.8. The summed E-state index contributed by atoms with van der Waals surface area (Å²) >= 11 is 11.8. The van der Waals surface area contributed by atoms with Gasteiger partial charge in [0.1, 0.15) is 5.75 Å². The summed E-state index contributed by atoms with van der Waals surface area (Å²) in [6.07, 6.45) is 1.39. The van der Waals surface area contributed by atoms with Crippen molar-refractivity contribution in [3.63, 3.8) is 0 Å². The highest BCUT2D eigenvalue weighted by Crippen LogP contribution is 2.19. The van der Waals surface area contributed by atoms with Gasteiger partial charge in [-0.25, -0.2) is 10.2 Å². The van der Waals surface area contributed by atoms with E-state index in [1.165, 1.54) is 6.21 Å². The predicted molar refractivity (Wildman–Crippen MR) is 109 cm³/mol. The second kappa shape index (κ2) is 9.17. The highest BCUT2D eigenvalue weighted by molar-refractivity contribution is 6.33. The fourth-order valence-electron chi connectivity index (χ4n) is 2.29. The first kappa shape index (κ1) is 19.6. The van der Waals surface area contributed by atoms with Gasteiger partial charge >= 0.3 is 5.97 Å². The molecule has 0 heterocycles. The van der Waals surface area contributed by atoms with Crippen molar-refractivity contribution >= 4 is 41.3 Å². The summed E-state index contributed by atoms with van der Waals surface area (Å²) in [5.41, 5.74) is 3.59. The quantitative estimate of drug-likeness (QED) is 0.278. The number of ether oxygens (including phenoxy) is 1. The van der Waals surface area contributed by atoms with Crippen LogP contribution in [0.3, 0.4) is 0 Å². The van der Waals surface area contributed by atoms with Gasteiger partial charge in [-0.3, -0.25) is 4.79 Å². The molecule has 7 heteroatoms. The molecule has 0 atom stereocenters. The summed E-state index contributed by atoms with van der Waals surface area (Å²) in [5.74, 6) is -0.673. The van der Waals surface area contributed by atoms with Crippen LogP contribution >= 0.6 is 23.2 Å². The topological polar surface area (TPSA) is 67.8 Å². The number of benzene rings is 3. The number of para-hydroxylation sites is 1. The molecule has 0 saturated heterocycles. The van der Waals surface area contributed by atoms with Gasteiger partial charge in [0.2, 0.25) is 0 Å². The molecule has 0 unspecified atom stereocenters. The largest absolute Gasteiger partial charge is 0.422 e. The highest BCUT2D eigenvalue weighted by Gasteiger charge is 2.11. The van der Waals surface area contributed by atoms with Crippen LogP contribution in [0.2, 0.25) is 10.0 Å². The van der Waals surface area contributed by atoms with Crippen LogP contribution in [-0.2, 0) is 0 Å². The minimum Gasteiger partial charge on any atom is -0.422 e. The lowest BCUT2D eigenvalue weighted by Gasteiger charge is -2.07. The maximum atomic E-state index is 12.3. The van der Waals surface area contributed by atoms with Crippen LogP contribution in [0.5, 0.6) is 5.75 Å². The van der Waals surface area contributed by atoms with Gasteiger partial charge in [-0.1, -0.05) is 47.5 Å². The van der Waals surface area contributed by atoms with E-state index >= 15 is 0 Å². The molecular weight excluding hydrogens is 399 g/mol. The van der Waals surface area contributed by atoms with E-state index in [1.54, 1.807) is 72.8 Å². The summed E-state index contributed by atoms with van der Waals surface area (Å²) < 4.78 is 5.43. The molecule has 3 aromatic rings. The third-order valence-electron chi connectivity index (χ3n) is 3.69. The molecule has 0 aliphatic rings. The Hall–Kier alpha value is -3.15. The smallest absolute Gasteiger partial charge is 0.343 e. The van der Waals surface area contributed by atoms with Crippen molar-refractivity contribution in [3.05, 3.63) is 99.5 Å². The monoisotopic (exact) mass is 412 g/mol. The Kier molecular flexibility index (Phi) is 6.42. The second-order valence-electron chi connectivity index (χ2n) is 5.61. The molecule has 0 spiro atoms. The van der Waals surface area contributed by atoms with Crippen molar-refractivity contribution in [1.82, 2.24) is 5.43 Å². The third kappa shape index (κ3) is 4.97. The Bertz CT molecular complexity index is 1030. The number of esters is 1. The third-order valence-corrected chi connectivity index (χ3v) is 4.27. The molecule has 1 amide bonds. The van der Waals surface area contributed by atoms with Gasteiger partial charge in [-0.15, -0.1) is 0 Å².